The smallest absolute Gasteiger partial charge is 0.280 e. The van der Waals surface area contributed by atoms with Crippen molar-refractivity contribution in [3.05, 3.63) is 86.6 Å². The summed E-state index contributed by atoms with van der Waals surface area (Å²) in [6.45, 7) is 0. The maximum Gasteiger partial charge on any atom is 0.332 e. The van der Waals surface area contributed by atoms with Crippen LogP contribution in [0.15, 0.2) is 63.1 Å². The summed E-state index contributed by atoms with van der Waals surface area (Å²) in [6, 6.07) is 11.9. The van der Waals surface area contributed by atoms with Gasteiger partial charge in [0.1, 0.15) is 22.0 Å². The predicted molar refractivity (Wildman–Crippen MR) is 111 cm³/mol. The summed E-state index contributed by atoms with van der Waals surface area (Å²) in [6.07, 6.45) is 0. The van der Waals surface area contributed by atoms with Crippen LogP contribution in [-0.4, -0.2) is 19.1 Å². The molecule has 0 bridgehead atoms. The zero-order chi connectivity index (χ0) is 21.4. The average molecular weight is 426 g/mol. The highest BCUT2D eigenvalue weighted by molar-refractivity contribution is 7.98. The third kappa shape index (κ3) is 3.52. The molecule has 6 nitrogen and oxygen atoms in total. The molecule has 0 fully saturated rings. The van der Waals surface area contributed by atoms with Crippen LogP contribution >= 0.6 is 11.8 Å². The van der Waals surface area contributed by atoms with E-state index in [1.54, 1.807) is 18.2 Å². The Kier molecular flexibility index (Phi) is 5.21. The van der Waals surface area contributed by atoms with Crippen molar-refractivity contribution in [3.63, 3.8) is 0 Å². The summed E-state index contributed by atoms with van der Waals surface area (Å²) in [4.78, 5) is 34.1. The summed E-state index contributed by atoms with van der Waals surface area (Å²) < 4.78 is 29.6. The monoisotopic (exact) mass is 426 g/mol. The molecule has 0 saturated carbocycles. The fourth-order valence-corrected chi connectivity index (χ4v) is 4.02. The van der Waals surface area contributed by atoms with Gasteiger partial charge in [-0.3, -0.25) is 13.9 Å². The molecule has 2 aromatic carbocycles. The van der Waals surface area contributed by atoms with Crippen LogP contribution in [0.1, 0.15) is 5.56 Å². The van der Waals surface area contributed by atoms with E-state index >= 15 is 0 Å². The first-order chi connectivity index (χ1) is 14.4. The number of aromatic nitrogens is 4. The molecule has 0 radical (unpaired) electrons. The van der Waals surface area contributed by atoms with E-state index in [-0.39, 0.29) is 28.4 Å². The lowest BCUT2D eigenvalue weighted by atomic mass is 10.2. The van der Waals surface area contributed by atoms with E-state index in [1.165, 1.54) is 60.8 Å². The van der Waals surface area contributed by atoms with Crippen molar-refractivity contribution < 1.29 is 8.78 Å². The fraction of sp³-hybridized carbons (Fsp3) is 0.143. The second kappa shape index (κ2) is 7.83. The SMILES string of the molecule is Cn1c(=O)c2c(SCc3ccccc3F)nc(-c3ccc(F)cc3)nc2n(C)c1=O. The number of halogens is 2. The van der Waals surface area contributed by atoms with E-state index < -0.39 is 17.1 Å². The van der Waals surface area contributed by atoms with Crippen LogP contribution in [0.3, 0.4) is 0 Å². The summed E-state index contributed by atoms with van der Waals surface area (Å²) in [7, 11) is 2.89. The van der Waals surface area contributed by atoms with Gasteiger partial charge in [-0.05, 0) is 35.9 Å². The maximum atomic E-state index is 14.1. The van der Waals surface area contributed by atoms with Crippen molar-refractivity contribution in [2.75, 3.05) is 0 Å². The molecule has 0 aliphatic carbocycles. The van der Waals surface area contributed by atoms with Crippen LogP contribution in [0.5, 0.6) is 0 Å². The van der Waals surface area contributed by atoms with E-state index in [2.05, 4.69) is 9.97 Å². The molecule has 0 N–H and O–H groups in total. The molecule has 2 heterocycles. The van der Waals surface area contributed by atoms with Gasteiger partial charge in [0.15, 0.2) is 11.5 Å². The number of thioether (sulfide) groups is 1. The summed E-state index contributed by atoms with van der Waals surface area (Å²) in [5.74, 6) is -0.299. The molecule has 0 unspecified atom stereocenters. The van der Waals surface area contributed by atoms with E-state index in [1.807, 2.05) is 0 Å². The first-order valence-electron chi connectivity index (χ1n) is 8.96. The van der Waals surface area contributed by atoms with Gasteiger partial charge in [0.2, 0.25) is 0 Å². The normalized spacial score (nSPS) is 11.2. The van der Waals surface area contributed by atoms with Gasteiger partial charge in [-0.15, -0.1) is 11.8 Å². The van der Waals surface area contributed by atoms with Gasteiger partial charge in [0.05, 0.1) is 0 Å². The number of aryl methyl sites for hydroxylation is 1. The van der Waals surface area contributed by atoms with Crippen LogP contribution in [0, 0.1) is 11.6 Å². The molecule has 152 valence electrons. The van der Waals surface area contributed by atoms with Gasteiger partial charge in [-0.25, -0.2) is 23.5 Å². The maximum absolute atomic E-state index is 14.1. The molecular formula is C21H16F2N4O2S. The number of rotatable bonds is 4. The van der Waals surface area contributed by atoms with E-state index in [4.69, 9.17) is 0 Å². The van der Waals surface area contributed by atoms with E-state index in [0.29, 0.717) is 16.2 Å². The van der Waals surface area contributed by atoms with Crippen molar-refractivity contribution in [2.24, 2.45) is 14.1 Å². The summed E-state index contributed by atoms with van der Waals surface area (Å²) in [5, 5.41) is 0.491. The molecule has 0 amide bonds. The Bertz CT molecular complexity index is 1380. The molecule has 4 aromatic rings. The van der Waals surface area contributed by atoms with Gasteiger partial charge < -0.3 is 0 Å². The van der Waals surface area contributed by atoms with Gasteiger partial charge in [0, 0.05) is 25.4 Å². The Morgan fingerprint density at radius 3 is 2.33 bits per heavy atom. The Morgan fingerprint density at radius 2 is 1.63 bits per heavy atom. The van der Waals surface area contributed by atoms with Crippen LogP contribution < -0.4 is 11.2 Å². The second-order valence-electron chi connectivity index (χ2n) is 6.64. The number of hydrogen-bond donors (Lipinski definition) is 0. The third-order valence-corrected chi connectivity index (χ3v) is 5.72. The lowest BCUT2D eigenvalue weighted by Gasteiger charge is -2.12. The highest BCUT2D eigenvalue weighted by Gasteiger charge is 2.18. The second-order valence-corrected chi connectivity index (χ2v) is 7.61. The lowest BCUT2D eigenvalue weighted by molar-refractivity contribution is 0.617. The van der Waals surface area contributed by atoms with Crippen LogP contribution in [-0.2, 0) is 19.8 Å². The summed E-state index contributed by atoms with van der Waals surface area (Å²) in [5.41, 5.74) is 0.0861. The fourth-order valence-electron chi connectivity index (χ4n) is 3.02. The van der Waals surface area contributed by atoms with Crippen molar-refractivity contribution in [1.29, 1.82) is 0 Å². The van der Waals surface area contributed by atoms with Crippen molar-refractivity contribution in [3.8, 4) is 11.4 Å². The quantitative estimate of drug-likeness (QED) is 0.370. The van der Waals surface area contributed by atoms with E-state index in [9.17, 15) is 18.4 Å². The highest BCUT2D eigenvalue weighted by Crippen LogP contribution is 2.29. The molecule has 0 spiro atoms. The average Bonchev–Trinajstić information content (AvgIpc) is 2.75. The summed E-state index contributed by atoms with van der Waals surface area (Å²) >= 11 is 1.17. The molecule has 0 aliphatic rings. The number of hydrogen-bond acceptors (Lipinski definition) is 5. The topological polar surface area (TPSA) is 69.8 Å². The minimum Gasteiger partial charge on any atom is -0.280 e. The van der Waals surface area contributed by atoms with Crippen LogP contribution in [0.2, 0.25) is 0 Å². The standard InChI is InChI=1S/C21H16F2N4O2S/c1-26-18-16(20(28)27(2)21(26)29)19(30-11-13-5-3-4-6-15(13)23)25-17(24-18)12-7-9-14(22)10-8-12/h3-10H,11H2,1-2H3. The number of benzene rings is 2. The van der Waals surface area contributed by atoms with E-state index in [0.717, 1.165) is 4.57 Å². The molecule has 9 heteroatoms. The van der Waals surface area contributed by atoms with Gasteiger partial charge in [-0.1, -0.05) is 18.2 Å². The minimum absolute atomic E-state index is 0.161. The Hall–Kier alpha value is -3.33. The Morgan fingerprint density at radius 1 is 0.933 bits per heavy atom. The van der Waals surface area contributed by atoms with Crippen molar-refractivity contribution in [1.82, 2.24) is 19.1 Å². The predicted octanol–water partition coefficient (Wildman–Crippen LogP) is 3.26. The molecule has 0 aliphatic heterocycles. The first kappa shape index (κ1) is 20.0. The molecule has 0 saturated heterocycles. The molecule has 2 aromatic heterocycles. The van der Waals surface area contributed by atoms with Crippen molar-refractivity contribution >= 4 is 22.8 Å². The highest BCUT2D eigenvalue weighted by atomic mass is 32.2. The zero-order valence-corrected chi connectivity index (χ0v) is 16.9. The Labute approximate surface area is 173 Å². The molecule has 4 rings (SSSR count). The number of nitrogens with zero attached hydrogens (tertiary/aromatic N) is 4. The van der Waals surface area contributed by atoms with Crippen LogP contribution in [0.4, 0.5) is 8.78 Å². The van der Waals surface area contributed by atoms with Crippen molar-refractivity contribution in [2.45, 2.75) is 10.8 Å². The molecular weight excluding hydrogens is 410 g/mol. The Balaban J connectivity index is 1.93. The largest absolute Gasteiger partial charge is 0.332 e. The lowest BCUT2D eigenvalue weighted by Crippen LogP contribution is -2.37. The van der Waals surface area contributed by atoms with Gasteiger partial charge in [-0.2, -0.15) is 0 Å². The van der Waals surface area contributed by atoms with Gasteiger partial charge >= 0.3 is 5.69 Å². The van der Waals surface area contributed by atoms with Crippen LogP contribution in [0.25, 0.3) is 22.4 Å². The molecule has 0 atom stereocenters. The van der Waals surface area contributed by atoms with Gasteiger partial charge in [0.25, 0.3) is 5.56 Å². The minimum atomic E-state index is -0.533. The first-order valence-corrected chi connectivity index (χ1v) is 9.95. The molecule has 30 heavy (non-hydrogen) atoms. The number of fused-ring (bicyclic) bond motifs is 1. The zero-order valence-electron chi connectivity index (χ0n) is 16.1. The third-order valence-electron chi connectivity index (χ3n) is 4.69.